The van der Waals surface area contributed by atoms with Gasteiger partial charge in [0.15, 0.2) is 0 Å². The lowest BCUT2D eigenvalue weighted by molar-refractivity contribution is 0.0732. The number of ether oxygens (including phenoxy) is 1. The van der Waals surface area contributed by atoms with Crippen LogP contribution >= 0.6 is 0 Å². The summed E-state index contributed by atoms with van der Waals surface area (Å²) >= 11 is 0. The highest BCUT2D eigenvalue weighted by Crippen LogP contribution is 2.27. The van der Waals surface area contributed by atoms with E-state index in [-0.39, 0.29) is 24.0 Å². The smallest absolute Gasteiger partial charge is 0.265 e. The maximum absolute atomic E-state index is 13.0. The minimum atomic E-state index is -0.254. The van der Waals surface area contributed by atoms with Crippen LogP contribution in [0.4, 0.5) is 5.69 Å². The first-order valence-corrected chi connectivity index (χ1v) is 12.3. The van der Waals surface area contributed by atoms with Gasteiger partial charge in [0, 0.05) is 49.9 Å². The number of benzene rings is 2. The molecule has 1 aromatic heterocycles. The van der Waals surface area contributed by atoms with Gasteiger partial charge in [-0.2, -0.15) is 0 Å². The second kappa shape index (κ2) is 11.6. The molecule has 0 aliphatic carbocycles. The third-order valence-corrected chi connectivity index (χ3v) is 5.67. The Morgan fingerprint density at radius 1 is 1.17 bits per heavy atom. The molecule has 8 nitrogen and oxygen atoms in total. The highest BCUT2D eigenvalue weighted by Gasteiger charge is 2.21. The van der Waals surface area contributed by atoms with Crippen molar-refractivity contribution in [2.24, 2.45) is 7.05 Å². The highest BCUT2D eigenvalue weighted by atomic mass is 16.5. The number of rotatable bonds is 10. The van der Waals surface area contributed by atoms with Gasteiger partial charge in [0.2, 0.25) is 0 Å². The zero-order chi connectivity index (χ0) is 26.5. The lowest BCUT2D eigenvalue weighted by Gasteiger charge is -2.23. The monoisotopic (exact) mass is 493 g/mol. The molecular weight excluding hydrogens is 454 g/mol. The van der Waals surface area contributed by atoms with Gasteiger partial charge in [0.05, 0.1) is 24.1 Å². The van der Waals surface area contributed by atoms with Gasteiger partial charge in [-0.1, -0.05) is 45.0 Å². The van der Waals surface area contributed by atoms with Crippen molar-refractivity contribution in [3.63, 3.8) is 0 Å². The molecule has 0 bridgehead atoms. The number of imidazole rings is 1. The minimum Gasteiger partial charge on any atom is -0.489 e. The summed E-state index contributed by atoms with van der Waals surface area (Å²) in [4.78, 5) is 17.8. The predicted octanol–water partition coefficient (Wildman–Crippen LogP) is 4.35. The largest absolute Gasteiger partial charge is 0.489 e. The van der Waals surface area contributed by atoms with Gasteiger partial charge in [0.25, 0.3) is 5.91 Å². The Balaban J connectivity index is 1.71. The number of hydrogen-bond donors (Lipinski definition) is 3. The Kier molecular flexibility index (Phi) is 8.76. The molecule has 2 aromatic carbocycles. The van der Waals surface area contributed by atoms with Crippen LogP contribution in [-0.4, -0.2) is 51.9 Å². The van der Waals surface area contributed by atoms with E-state index < -0.39 is 0 Å². The molecule has 0 saturated heterocycles. The first kappa shape index (κ1) is 27.2. The summed E-state index contributed by atoms with van der Waals surface area (Å²) in [5, 5.41) is 14.4. The zero-order valence-electron chi connectivity index (χ0n) is 22.4. The van der Waals surface area contributed by atoms with Crippen LogP contribution in [0.5, 0.6) is 5.75 Å². The third-order valence-electron chi connectivity index (χ3n) is 5.67. The van der Waals surface area contributed by atoms with Gasteiger partial charge in [-0.05, 0) is 37.6 Å². The predicted molar refractivity (Wildman–Crippen MR) is 144 cm³/mol. The van der Waals surface area contributed by atoms with Crippen LogP contribution in [-0.2, 0) is 19.0 Å². The summed E-state index contributed by atoms with van der Waals surface area (Å²) < 4.78 is 7.86. The van der Waals surface area contributed by atoms with Crippen LogP contribution in [0.2, 0.25) is 0 Å². The van der Waals surface area contributed by atoms with Crippen molar-refractivity contribution in [3.05, 3.63) is 65.6 Å². The van der Waals surface area contributed by atoms with E-state index in [9.17, 15) is 9.90 Å². The Morgan fingerprint density at radius 2 is 1.86 bits per heavy atom. The van der Waals surface area contributed by atoms with E-state index in [1.807, 2.05) is 51.4 Å². The van der Waals surface area contributed by atoms with Gasteiger partial charge in [-0.3, -0.25) is 10.2 Å². The molecule has 3 rings (SSSR count). The molecule has 0 unspecified atom stereocenters. The SMILES string of the molecule is CNc1cc(C(=O)NN(CCO)Cc2ccc(-c3cn(C)c(C(C)(C)C)n3)cc2)ccc1OC(C)C. The van der Waals surface area contributed by atoms with Crippen molar-refractivity contribution < 1.29 is 14.6 Å². The molecule has 8 heteroatoms. The molecule has 0 spiro atoms. The number of aliphatic hydroxyl groups is 1. The Morgan fingerprint density at radius 3 is 2.42 bits per heavy atom. The summed E-state index contributed by atoms with van der Waals surface area (Å²) in [6.07, 6.45) is 2.08. The maximum Gasteiger partial charge on any atom is 0.265 e. The lowest BCUT2D eigenvalue weighted by Crippen LogP contribution is -2.43. The molecule has 1 amide bonds. The van der Waals surface area contributed by atoms with Gasteiger partial charge >= 0.3 is 0 Å². The number of aliphatic hydroxyl groups excluding tert-OH is 1. The molecule has 0 saturated carbocycles. The van der Waals surface area contributed by atoms with Crippen LogP contribution in [0.25, 0.3) is 11.3 Å². The molecule has 0 atom stereocenters. The number of anilines is 1. The van der Waals surface area contributed by atoms with Crippen LogP contribution in [0.3, 0.4) is 0 Å². The number of hydrogen-bond acceptors (Lipinski definition) is 6. The van der Waals surface area contributed by atoms with Crippen molar-refractivity contribution in [1.29, 1.82) is 0 Å². The van der Waals surface area contributed by atoms with Crippen LogP contribution in [0.1, 0.15) is 56.4 Å². The lowest BCUT2D eigenvalue weighted by atomic mass is 9.96. The molecule has 194 valence electrons. The van der Waals surface area contributed by atoms with E-state index in [2.05, 4.69) is 36.1 Å². The molecule has 0 fully saturated rings. The Hall–Kier alpha value is -3.36. The second-order valence-corrected chi connectivity index (χ2v) is 10.2. The fourth-order valence-corrected chi connectivity index (χ4v) is 4.03. The zero-order valence-corrected chi connectivity index (χ0v) is 22.4. The number of aryl methyl sites for hydroxylation is 1. The first-order valence-electron chi connectivity index (χ1n) is 12.3. The average Bonchev–Trinajstić information content (AvgIpc) is 3.21. The van der Waals surface area contributed by atoms with Crippen molar-refractivity contribution in [2.75, 3.05) is 25.5 Å². The highest BCUT2D eigenvalue weighted by molar-refractivity contribution is 5.95. The molecule has 1 heterocycles. The van der Waals surface area contributed by atoms with Gasteiger partial charge in [-0.15, -0.1) is 0 Å². The van der Waals surface area contributed by atoms with Crippen LogP contribution in [0.15, 0.2) is 48.7 Å². The summed E-state index contributed by atoms with van der Waals surface area (Å²) in [6.45, 7) is 11.0. The van der Waals surface area contributed by atoms with E-state index in [4.69, 9.17) is 9.72 Å². The number of nitrogens with one attached hydrogen (secondary N) is 2. The Bertz CT molecular complexity index is 1160. The summed E-state index contributed by atoms with van der Waals surface area (Å²) in [7, 11) is 3.81. The Labute approximate surface area is 214 Å². The fourth-order valence-electron chi connectivity index (χ4n) is 4.03. The molecule has 3 N–H and O–H groups in total. The number of hydrazine groups is 1. The normalized spacial score (nSPS) is 11.7. The number of aromatic nitrogens is 2. The molecule has 36 heavy (non-hydrogen) atoms. The quantitative estimate of drug-likeness (QED) is 0.364. The first-order chi connectivity index (χ1) is 17.0. The maximum atomic E-state index is 13.0. The van der Waals surface area contributed by atoms with Crippen molar-refractivity contribution in [1.82, 2.24) is 20.0 Å². The van der Waals surface area contributed by atoms with Gasteiger partial charge < -0.3 is 19.7 Å². The van der Waals surface area contributed by atoms with E-state index in [1.165, 1.54) is 0 Å². The van der Waals surface area contributed by atoms with E-state index >= 15 is 0 Å². The number of amides is 1. The summed E-state index contributed by atoms with van der Waals surface area (Å²) in [5.41, 5.74) is 7.10. The van der Waals surface area contributed by atoms with Gasteiger partial charge in [-0.25, -0.2) is 9.99 Å². The van der Waals surface area contributed by atoms with E-state index in [1.54, 1.807) is 30.3 Å². The van der Waals surface area contributed by atoms with Crippen molar-refractivity contribution in [2.45, 2.75) is 52.7 Å². The fraction of sp³-hybridized carbons (Fsp3) is 0.429. The van der Waals surface area contributed by atoms with Crippen LogP contribution in [0, 0.1) is 0 Å². The molecule has 0 radical (unpaired) electrons. The number of carbonyl (C=O) groups excluding carboxylic acids is 1. The standard InChI is InChI=1S/C28H39N5O3/c1-19(2)36-25-13-12-22(16-23(25)29-6)26(35)31-33(14-15-34)17-20-8-10-21(11-9-20)24-18-32(7)27(30-24)28(3,4)5/h8-13,16,18-19,29,34H,14-15,17H2,1-7H3,(H,31,35). The molecule has 0 aliphatic rings. The van der Waals surface area contributed by atoms with Crippen molar-refractivity contribution in [3.8, 4) is 17.0 Å². The summed E-state index contributed by atoms with van der Waals surface area (Å²) in [5.74, 6) is 1.47. The summed E-state index contributed by atoms with van der Waals surface area (Å²) in [6, 6.07) is 13.4. The van der Waals surface area contributed by atoms with Crippen molar-refractivity contribution >= 4 is 11.6 Å². The van der Waals surface area contributed by atoms with Crippen LogP contribution < -0.4 is 15.5 Å². The molecule has 0 aliphatic heterocycles. The molecular formula is C28H39N5O3. The average molecular weight is 494 g/mol. The third kappa shape index (κ3) is 6.86. The van der Waals surface area contributed by atoms with E-state index in [0.29, 0.717) is 24.4 Å². The minimum absolute atomic E-state index is 0.0291. The topological polar surface area (TPSA) is 91.7 Å². The van der Waals surface area contributed by atoms with E-state index in [0.717, 1.165) is 28.3 Å². The number of carbonyl (C=O) groups is 1. The number of nitrogens with zero attached hydrogens (tertiary/aromatic N) is 3. The molecule has 3 aromatic rings. The van der Waals surface area contributed by atoms with Gasteiger partial charge in [0.1, 0.15) is 11.6 Å². The second-order valence-electron chi connectivity index (χ2n) is 10.2.